The number of amides is 1. The molecule has 3 rings (SSSR count). The lowest BCUT2D eigenvalue weighted by atomic mass is 9.95. The second-order valence-electron chi connectivity index (χ2n) is 5.82. The summed E-state index contributed by atoms with van der Waals surface area (Å²) >= 11 is 0. The zero-order valence-electron chi connectivity index (χ0n) is 13.9. The standard InChI is InChI=1S/C16H22N4O4/c1-3-19-6-8-20(9-7-19)16-17-13(11-5-4-10-24-11)12(14(21)18-16)15(22)23-2/h4-5,10,12-13H,3,6-9H2,1-2H3,(H,17,18,21). The molecule has 130 valence electrons. The first-order chi connectivity index (χ1) is 11.6. The number of likely N-dealkylation sites (N-methyl/N-ethyl adjacent to an activating group) is 1. The molecule has 2 unspecified atom stereocenters. The molecular formula is C16H22N4O4. The minimum absolute atomic E-state index is 0.411. The summed E-state index contributed by atoms with van der Waals surface area (Å²) in [4.78, 5) is 33.5. The Labute approximate surface area is 140 Å². The lowest BCUT2D eigenvalue weighted by molar-refractivity contribution is -0.151. The third-order valence-electron chi connectivity index (χ3n) is 4.50. The quantitative estimate of drug-likeness (QED) is 0.629. The first-order valence-corrected chi connectivity index (χ1v) is 8.11. The summed E-state index contributed by atoms with van der Waals surface area (Å²) in [5.41, 5.74) is 0. The fourth-order valence-electron chi connectivity index (χ4n) is 3.06. The van der Waals surface area contributed by atoms with Gasteiger partial charge in [-0.2, -0.15) is 0 Å². The Hall–Kier alpha value is -2.35. The molecule has 2 atom stereocenters. The van der Waals surface area contributed by atoms with E-state index in [0.717, 1.165) is 32.7 Å². The summed E-state index contributed by atoms with van der Waals surface area (Å²) in [7, 11) is 1.26. The average Bonchev–Trinajstić information content (AvgIpc) is 3.15. The number of piperazine rings is 1. The fraction of sp³-hybridized carbons (Fsp3) is 0.562. The predicted molar refractivity (Wildman–Crippen MR) is 86.2 cm³/mol. The van der Waals surface area contributed by atoms with Gasteiger partial charge in [0.05, 0.1) is 13.4 Å². The molecular weight excluding hydrogens is 312 g/mol. The van der Waals surface area contributed by atoms with Crippen LogP contribution >= 0.6 is 0 Å². The molecule has 1 amide bonds. The van der Waals surface area contributed by atoms with Gasteiger partial charge in [-0.25, -0.2) is 4.99 Å². The number of nitrogens with one attached hydrogen (secondary N) is 1. The zero-order valence-corrected chi connectivity index (χ0v) is 13.9. The number of furan rings is 1. The normalized spacial score (nSPS) is 25.2. The van der Waals surface area contributed by atoms with E-state index in [1.807, 2.05) is 4.90 Å². The highest BCUT2D eigenvalue weighted by Gasteiger charge is 2.43. The molecule has 24 heavy (non-hydrogen) atoms. The van der Waals surface area contributed by atoms with Crippen molar-refractivity contribution in [2.45, 2.75) is 13.0 Å². The van der Waals surface area contributed by atoms with Crippen molar-refractivity contribution in [3.8, 4) is 0 Å². The largest absolute Gasteiger partial charge is 0.468 e. The van der Waals surface area contributed by atoms with Crippen molar-refractivity contribution in [3.05, 3.63) is 24.2 Å². The monoisotopic (exact) mass is 334 g/mol. The summed E-state index contributed by atoms with van der Waals surface area (Å²) in [5.74, 6) is -1.09. The first-order valence-electron chi connectivity index (χ1n) is 8.11. The summed E-state index contributed by atoms with van der Waals surface area (Å²) in [5, 5.41) is 2.75. The number of methoxy groups -OCH3 is 1. The number of hydrogen-bond acceptors (Lipinski definition) is 7. The fourth-order valence-corrected chi connectivity index (χ4v) is 3.06. The molecule has 0 aliphatic carbocycles. The van der Waals surface area contributed by atoms with Crippen LogP contribution in [0, 0.1) is 5.92 Å². The molecule has 2 aliphatic heterocycles. The van der Waals surface area contributed by atoms with Gasteiger partial charge < -0.3 is 19.0 Å². The van der Waals surface area contributed by atoms with Crippen LogP contribution in [0.15, 0.2) is 27.8 Å². The van der Waals surface area contributed by atoms with Gasteiger partial charge in [0.25, 0.3) is 0 Å². The second-order valence-corrected chi connectivity index (χ2v) is 5.82. The van der Waals surface area contributed by atoms with Crippen LogP contribution in [0.3, 0.4) is 0 Å². The van der Waals surface area contributed by atoms with E-state index in [4.69, 9.17) is 9.15 Å². The maximum absolute atomic E-state index is 12.5. The molecule has 0 saturated carbocycles. The van der Waals surface area contributed by atoms with Crippen LogP contribution in [0.4, 0.5) is 0 Å². The molecule has 2 aliphatic rings. The Morgan fingerprint density at radius 2 is 2.17 bits per heavy atom. The molecule has 1 fully saturated rings. The van der Waals surface area contributed by atoms with Gasteiger partial charge in [-0.15, -0.1) is 0 Å². The third-order valence-corrected chi connectivity index (χ3v) is 4.50. The Morgan fingerprint density at radius 1 is 1.42 bits per heavy atom. The van der Waals surface area contributed by atoms with Crippen molar-refractivity contribution in [2.24, 2.45) is 10.9 Å². The van der Waals surface area contributed by atoms with E-state index in [9.17, 15) is 9.59 Å². The van der Waals surface area contributed by atoms with E-state index in [1.165, 1.54) is 13.4 Å². The number of aliphatic imine (C=N–C) groups is 1. The lowest BCUT2D eigenvalue weighted by Crippen LogP contribution is -2.57. The van der Waals surface area contributed by atoms with Crippen LogP contribution in [-0.4, -0.2) is 67.5 Å². The van der Waals surface area contributed by atoms with Crippen LogP contribution in [0.5, 0.6) is 0 Å². The van der Waals surface area contributed by atoms with E-state index in [1.54, 1.807) is 12.1 Å². The van der Waals surface area contributed by atoms with Gasteiger partial charge in [-0.3, -0.25) is 14.9 Å². The van der Waals surface area contributed by atoms with Crippen LogP contribution in [-0.2, 0) is 14.3 Å². The van der Waals surface area contributed by atoms with Crippen molar-refractivity contribution >= 4 is 17.8 Å². The molecule has 0 spiro atoms. The highest BCUT2D eigenvalue weighted by molar-refractivity contribution is 6.08. The number of carbonyl (C=O) groups excluding carboxylic acids is 2. The van der Waals surface area contributed by atoms with E-state index in [2.05, 4.69) is 22.1 Å². The number of hydrogen-bond donors (Lipinski definition) is 1. The van der Waals surface area contributed by atoms with E-state index in [0.29, 0.717) is 11.7 Å². The summed E-state index contributed by atoms with van der Waals surface area (Å²) in [6.45, 7) is 6.52. The third kappa shape index (κ3) is 3.14. The number of guanidine groups is 1. The number of rotatable bonds is 3. The van der Waals surface area contributed by atoms with Crippen LogP contribution in [0.1, 0.15) is 18.7 Å². The summed E-state index contributed by atoms with van der Waals surface area (Å²) in [6.07, 6.45) is 1.51. The predicted octanol–water partition coefficient (Wildman–Crippen LogP) is 0.233. The van der Waals surface area contributed by atoms with Gasteiger partial charge in [0.15, 0.2) is 5.92 Å². The smallest absolute Gasteiger partial charge is 0.320 e. The summed E-state index contributed by atoms with van der Waals surface area (Å²) < 4.78 is 10.2. The lowest BCUT2D eigenvalue weighted by Gasteiger charge is -2.38. The van der Waals surface area contributed by atoms with Crippen molar-refractivity contribution in [1.29, 1.82) is 0 Å². The van der Waals surface area contributed by atoms with Crippen molar-refractivity contribution < 1.29 is 18.7 Å². The number of carbonyl (C=O) groups is 2. The molecule has 8 nitrogen and oxygen atoms in total. The molecule has 1 N–H and O–H groups in total. The van der Waals surface area contributed by atoms with Gasteiger partial charge in [-0.05, 0) is 18.7 Å². The molecule has 3 heterocycles. The van der Waals surface area contributed by atoms with Crippen molar-refractivity contribution in [1.82, 2.24) is 15.1 Å². The van der Waals surface area contributed by atoms with Gasteiger partial charge >= 0.3 is 5.97 Å². The Bertz CT molecular complexity index is 620. The molecule has 1 saturated heterocycles. The molecule has 1 aromatic rings. The van der Waals surface area contributed by atoms with E-state index >= 15 is 0 Å². The van der Waals surface area contributed by atoms with Crippen molar-refractivity contribution in [3.63, 3.8) is 0 Å². The van der Waals surface area contributed by atoms with Crippen LogP contribution < -0.4 is 5.32 Å². The van der Waals surface area contributed by atoms with Crippen molar-refractivity contribution in [2.75, 3.05) is 39.8 Å². The highest BCUT2D eigenvalue weighted by atomic mass is 16.5. The maximum Gasteiger partial charge on any atom is 0.320 e. The van der Waals surface area contributed by atoms with Gasteiger partial charge in [-0.1, -0.05) is 6.92 Å². The molecule has 1 aromatic heterocycles. The number of nitrogens with zero attached hydrogens (tertiary/aromatic N) is 3. The number of ether oxygens (including phenoxy) is 1. The average molecular weight is 334 g/mol. The number of esters is 1. The molecule has 0 radical (unpaired) electrons. The zero-order chi connectivity index (χ0) is 17.1. The minimum Gasteiger partial charge on any atom is -0.468 e. The topological polar surface area (TPSA) is 87.4 Å². The van der Waals surface area contributed by atoms with E-state index < -0.39 is 23.8 Å². The Morgan fingerprint density at radius 3 is 2.75 bits per heavy atom. The highest BCUT2D eigenvalue weighted by Crippen LogP contribution is 2.31. The molecule has 0 aromatic carbocycles. The van der Waals surface area contributed by atoms with Gasteiger partial charge in [0.2, 0.25) is 11.9 Å². The van der Waals surface area contributed by atoms with Crippen LogP contribution in [0.2, 0.25) is 0 Å². The van der Waals surface area contributed by atoms with E-state index in [-0.39, 0.29) is 0 Å². The molecule has 8 heteroatoms. The Balaban J connectivity index is 1.86. The van der Waals surface area contributed by atoms with Gasteiger partial charge in [0, 0.05) is 26.2 Å². The maximum atomic E-state index is 12.5. The molecule has 0 bridgehead atoms. The first kappa shape index (κ1) is 16.5. The second kappa shape index (κ2) is 7.04. The van der Waals surface area contributed by atoms with Crippen LogP contribution in [0.25, 0.3) is 0 Å². The van der Waals surface area contributed by atoms with Gasteiger partial charge in [0.1, 0.15) is 11.8 Å². The Kier molecular flexibility index (Phi) is 4.84. The SMILES string of the molecule is CCN1CCN(C2=NC(c3ccco3)C(C(=O)OC)C(=O)N2)CC1. The summed E-state index contributed by atoms with van der Waals surface area (Å²) in [6, 6.07) is 2.72. The minimum atomic E-state index is -1.04.